The Morgan fingerprint density at radius 2 is 1.95 bits per heavy atom. The fraction of sp³-hybridized carbons (Fsp3) is 0.562. The Labute approximate surface area is 127 Å². The zero-order valence-electron chi connectivity index (χ0n) is 13.6. The molecule has 0 fully saturated rings. The monoisotopic (exact) mass is 294 g/mol. The second-order valence-electron chi connectivity index (χ2n) is 5.80. The maximum absolute atomic E-state index is 12.7. The summed E-state index contributed by atoms with van der Waals surface area (Å²) < 4.78 is 5.07. The number of rotatable bonds is 7. The Bertz CT molecular complexity index is 473. The van der Waals surface area contributed by atoms with E-state index in [-0.39, 0.29) is 17.2 Å². The van der Waals surface area contributed by atoms with E-state index in [1.54, 1.807) is 23.1 Å². The van der Waals surface area contributed by atoms with Gasteiger partial charge in [0, 0.05) is 19.6 Å². The van der Waals surface area contributed by atoms with Crippen LogP contribution in [0.4, 0.5) is 0 Å². The van der Waals surface area contributed by atoms with E-state index in [0.29, 0.717) is 24.8 Å². The molecule has 1 amide bonds. The van der Waals surface area contributed by atoms with Crippen LogP contribution in [0.5, 0.6) is 11.5 Å². The van der Waals surface area contributed by atoms with Crippen molar-refractivity contribution in [3.63, 3.8) is 0 Å². The number of aromatic hydroxyl groups is 1. The predicted molar refractivity (Wildman–Crippen MR) is 84.0 cm³/mol. The average molecular weight is 294 g/mol. The van der Waals surface area contributed by atoms with Crippen molar-refractivity contribution in [2.75, 3.05) is 40.8 Å². The van der Waals surface area contributed by atoms with E-state index in [2.05, 4.69) is 13.8 Å². The molecule has 118 valence electrons. The fourth-order valence-corrected chi connectivity index (χ4v) is 2.07. The third-order valence-corrected chi connectivity index (χ3v) is 3.14. The van der Waals surface area contributed by atoms with E-state index in [9.17, 15) is 9.90 Å². The third kappa shape index (κ3) is 4.93. The largest absolute Gasteiger partial charge is 0.504 e. The molecule has 0 spiro atoms. The van der Waals surface area contributed by atoms with Crippen molar-refractivity contribution in [3.8, 4) is 11.5 Å². The molecular formula is C16H26N2O3. The number of benzene rings is 1. The van der Waals surface area contributed by atoms with Crippen LogP contribution in [0.15, 0.2) is 18.2 Å². The van der Waals surface area contributed by atoms with Crippen LogP contribution in [-0.2, 0) is 0 Å². The van der Waals surface area contributed by atoms with E-state index in [0.717, 1.165) is 6.54 Å². The van der Waals surface area contributed by atoms with Crippen LogP contribution in [0.2, 0.25) is 0 Å². The number of carbonyl (C=O) groups is 1. The number of para-hydroxylation sites is 1. The third-order valence-electron chi connectivity index (χ3n) is 3.14. The second-order valence-corrected chi connectivity index (χ2v) is 5.80. The molecule has 1 N–H and O–H groups in total. The van der Waals surface area contributed by atoms with Crippen LogP contribution >= 0.6 is 0 Å². The lowest BCUT2D eigenvalue weighted by atomic mass is 10.1. The lowest BCUT2D eigenvalue weighted by Gasteiger charge is -2.26. The van der Waals surface area contributed by atoms with Gasteiger partial charge in [-0.05, 0) is 32.1 Å². The van der Waals surface area contributed by atoms with E-state index < -0.39 is 0 Å². The molecule has 0 aliphatic heterocycles. The first kappa shape index (κ1) is 17.3. The zero-order valence-corrected chi connectivity index (χ0v) is 13.6. The Balaban J connectivity index is 2.98. The maximum atomic E-state index is 12.7. The molecule has 0 aliphatic rings. The highest BCUT2D eigenvalue weighted by molar-refractivity contribution is 5.97. The van der Waals surface area contributed by atoms with E-state index in [1.807, 2.05) is 19.0 Å². The summed E-state index contributed by atoms with van der Waals surface area (Å²) in [4.78, 5) is 16.5. The molecule has 0 heterocycles. The van der Waals surface area contributed by atoms with Crippen molar-refractivity contribution >= 4 is 5.91 Å². The smallest absolute Gasteiger partial charge is 0.257 e. The van der Waals surface area contributed by atoms with Crippen molar-refractivity contribution in [1.29, 1.82) is 0 Å². The highest BCUT2D eigenvalue weighted by Crippen LogP contribution is 2.30. The van der Waals surface area contributed by atoms with Gasteiger partial charge in [-0.2, -0.15) is 0 Å². The summed E-state index contributed by atoms with van der Waals surface area (Å²) in [6.07, 6.45) is 0. The van der Waals surface area contributed by atoms with Crippen LogP contribution in [0.3, 0.4) is 0 Å². The van der Waals surface area contributed by atoms with Gasteiger partial charge in [-0.15, -0.1) is 0 Å². The molecule has 0 saturated carbocycles. The normalized spacial score (nSPS) is 11.0. The lowest BCUT2D eigenvalue weighted by molar-refractivity contribution is 0.0721. The summed E-state index contributed by atoms with van der Waals surface area (Å²) in [7, 11) is 5.42. The zero-order chi connectivity index (χ0) is 16.0. The number of amides is 1. The quantitative estimate of drug-likeness (QED) is 0.836. The lowest BCUT2D eigenvalue weighted by Crippen LogP contribution is -2.39. The van der Waals surface area contributed by atoms with Crippen LogP contribution in [-0.4, -0.2) is 61.7 Å². The molecule has 21 heavy (non-hydrogen) atoms. The van der Waals surface area contributed by atoms with Gasteiger partial charge in [0.2, 0.25) is 0 Å². The van der Waals surface area contributed by atoms with Crippen molar-refractivity contribution in [2.24, 2.45) is 5.92 Å². The molecule has 0 aliphatic carbocycles. The molecule has 0 atom stereocenters. The summed E-state index contributed by atoms with van der Waals surface area (Å²) in [5, 5.41) is 10.1. The number of hydrogen-bond acceptors (Lipinski definition) is 4. The van der Waals surface area contributed by atoms with Gasteiger partial charge >= 0.3 is 0 Å². The first-order valence-electron chi connectivity index (χ1n) is 7.16. The van der Waals surface area contributed by atoms with Gasteiger partial charge in [-0.3, -0.25) is 4.79 Å². The number of phenols is 1. The SMILES string of the molecule is COc1cccc(C(=O)N(CCN(C)C)CC(C)C)c1O. The van der Waals surface area contributed by atoms with Gasteiger partial charge in [0.15, 0.2) is 11.5 Å². The Morgan fingerprint density at radius 1 is 1.29 bits per heavy atom. The van der Waals surface area contributed by atoms with Crippen LogP contribution in [0, 0.1) is 5.92 Å². The van der Waals surface area contributed by atoms with Gasteiger partial charge in [0.05, 0.1) is 12.7 Å². The number of ether oxygens (including phenoxy) is 1. The van der Waals surface area contributed by atoms with Crippen LogP contribution in [0.1, 0.15) is 24.2 Å². The Morgan fingerprint density at radius 3 is 2.48 bits per heavy atom. The molecule has 1 aromatic rings. The van der Waals surface area contributed by atoms with Crippen molar-refractivity contribution < 1.29 is 14.6 Å². The average Bonchev–Trinajstić information content (AvgIpc) is 2.42. The molecule has 0 aromatic heterocycles. The highest BCUT2D eigenvalue weighted by atomic mass is 16.5. The number of likely N-dealkylation sites (N-methyl/N-ethyl adjacent to an activating group) is 1. The van der Waals surface area contributed by atoms with E-state index in [4.69, 9.17) is 4.74 Å². The molecular weight excluding hydrogens is 268 g/mol. The van der Waals surface area contributed by atoms with Gasteiger partial charge in [-0.1, -0.05) is 19.9 Å². The summed E-state index contributed by atoms with van der Waals surface area (Å²) in [5.41, 5.74) is 0.286. The fourth-order valence-electron chi connectivity index (χ4n) is 2.07. The van der Waals surface area contributed by atoms with Crippen molar-refractivity contribution in [2.45, 2.75) is 13.8 Å². The van der Waals surface area contributed by atoms with Gasteiger partial charge < -0.3 is 19.6 Å². The number of methoxy groups -OCH3 is 1. The second kappa shape index (κ2) is 7.88. The first-order chi connectivity index (χ1) is 9.86. The summed E-state index contributed by atoms with van der Waals surface area (Å²) in [5.74, 6) is 0.423. The van der Waals surface area contributed by atoms with Gasteiger partial charge in [0.1, 0.15) is 0 Å². The topological polar surface area (TPSA) is 53.0 Å². The number of hydrogen-bond donors (Lipinski definition) is 1. The Kier molecular flexibility index (Phi) is 6.49. The molecule has 0 bridgehead atoms. The van der Waals surface area contributed by atoms with Crippen molar-refractivity contribution in [3.05, 3.63) is 23.8 Å². The summed E-state index contributed by atoms with van der Waals surface area (Å²) in [6, 6.07) is 4.98. The molecule has 0 saturated heterocycles. The van der Waals surface area contributed by atoms with E-state index in [1.165, 1.54) is 7.11 Å². The minimum atomic E-state index is -0.165. The van der Waals surface area contributed by atoms with Crippen LogP contribution in [0.25, 0.3) is 0 Å². The summed E-state index contributed by atoms with van der Waals surface area (Å²) in [6.45, 7) is 6.20. The molecule has 5 nitrogen and oxygen atoms in total. The Hall–Kier alpha value is -1.75. The minimum absolute atomic E-state index is 0.0939. The highest BCUT2D eigenvalue weighted by Gasteiger charge is 2.21. The molecule has 0 radical (unpaired) electrons. The van der Waals surface area contributed by atoms with Gasteiger partial charge in [-0.25, -0.2) is 0 Å². The summed E-state index contributed by atoms with van der Waals surface area (Å²) >= 11 is 0. The first-order valence-corrected chi connectivity index (χ1v) is 7.16. The van der Waals surface area contributed by atoms with Gasteiger partial charge in [0.25, 0.3) is 5.91 Å². The molecule has 1 rings (SSSR count). The van der Waals surface area contributed by atoms with E-state index >= 15 is 0 Å². The predicted octanol–water partition coefficient (Wildman–Crippen LogP) is 2.06. The standard InChI is InChI=1S/C16H26N2O3/c1-12(2)11-18(10-9-17(3)4)16(20)13-7-6-8-14(21-5)15(13)19/h6-8,12,19H,9-11H2,1-5H3. The molecule has 0 unspecified atom stereocenters. The van der Waals surface area contributed by atoms with Crippen molar-refractivity contribution in [1.82, 2.24) is 9.80 Å². The maximum Gasteiger partial charge on any atom is 0.257 e. The number of phenolic OH excluding ortho intramolecular Hbond substituents is 1. The molecule has 5 heteroatoms. The number of nitrogens with zero attached hydrogens (tertiary/aromatic N) is 2. The molecule has 1 aromatic carbocycles. The number of carbonyl (C=O) groups excluding carboxylic acids is 1. The van der Waals surface area contributed by atoms with Crippen LogP contribution < -0.4 is 4.74 Å². The minimum Gasteiger partial charge on any atom is -0.504 e.